The van der Waals surface area contributed by atoms with Crippen LogP contribution in [-0.4, -0.2) is 8.56 Å². The number of hydrogen-bond acceptors (Lipinski definition) is 0. The Labute approximate surface area is 90.8 Å². The van der Waals surface area contributed by atoms with E-state index in [9.17, 15) is 0 Å². The molecule has 0 saturated heterocycles. The second kappa shape index (κ2) is 4.31. The molecule has 0 nitrogen and oxygen atoms in total. The van der Waals surface area contributed by atoms with Crippen LogP contribution in [0.15, 0.2) is 0 Å². The zero-order chi connectivity index (χ0) is 6.78. The van der Waals surface area contributed by atoms with E-state index in [0.717, 1.165) is 9.07 Å². The highest BCUT2D eigenvalue weighted by Crippen LogP contribution is 2.45. The van der Waals surface area contributed by atoms with Gasteiger partial charge in [-0.1, -0.05) is 79.6 Å². The lowest BCUT2D eigenvalue weighted by atomic mass is 10.6. The summed E-state index contributed by atoms with van der Waals surface area (Å²) >= 11 is 16.6. The van der Waals surface area contributed by atoms with Crippen LogP contribution in [-0.2, 0) is 0 Å². The number of halogens is 5. The maximum absolute atomic E-state index is 3.38. The summed E-state index contributed by atoms with van der Waals surface area (Å²) in [6.45, 7) is 0. The van der Waals surface area contributed by atoms with Gasteiger partial charge in [-0.3, -0.25) is 0 Å². The van der Waals surface area contributed by atoms with Gasteiger partial charge in [0.25, 0.3) is 0 Å². The van der Waals surface area contributed by atoms with Crippen molar-refractivity contribution in [3.05, 3.63) is 3.74 Å². The van der Waals surface area contributed by atoms with Crippen molar-refractivity contribution < 1.29 is 0 Å². The van der Waals surface area contributed by atoms with Crippen molar-refractivity contribution in [2.24, 2.45) is 0 Å². The molecule has 0 amide bonds. The first kappa shape index (κ1) is 10.4. The van der Waals surface area contributed by atoms with E-state index >= 15 is 0 Å². The van der Waals surface area contributed by atoms with Crippen molar-refractivity contribution >= 4 is 79.6 Å². The van der Waals surface area contributed by atoms with Gasteiger partial charge in [0.15, 0.2) is 0 Å². The highest BCUT2D eigenvalue weighted by molar-refractivity contribution is 9.32. The summed E-state index contributed by atoms with van der Waals surface area (Å²) in [6, 6.07) is 0. The topological polar surface area (TPSA) is 0 Å². The smallest absolute Gasteiger partial charge is 0.0903 e. The Hall–Kier alpha value is 2.40. The minimum absolute atomic E-state index is 0.167. The molecule has 0 aliphatic carbocycles. The second-order valence-corrected chi connectivity index (χ2v) is 8.08. The summed E-state index contributed by atoms with van der Waals surface area (Å²) in [6.07, 6.45) is 0. The molecule has 5 heteroatoms. The van der Waals surface area contributed by atoms with Crippen molar-refractivity contribution in [3.8, 4) is 0 Å². The van der Waals surface area contributed by atoms with E-state index < -0.39 is 0 Å². The quantitative estimate of drug-likeness (QED) is 0.570. The van der Waals surface area contributed by atoms with Crippen molar-refractivity contribution in [2.75, 3.05) is 5.33 Å². The summed E-state index contributed by atoms with van der Waals surface area (Å²) in [5.74, 6) is 0. The zero-order valence-corrected chi connectivity index (χ0v) is 11.5. The minimum Gasteiger partial charge on any atom is -0.0903 e. The van der Waals surface area contributed by atoms with Gasteiger partial charge < -0.3 is 0 Å². The Balaban J connectivity index is 3.71. The van der Waals surface area contributed by atoms with Crippen LogP contribution < -0.4 is 0 Å². The summed E-state index contributed by atoms with van der Waals surface area (Å²) in [5.41, 5.74) is 0. The van der Waals surface area contributed by atoms with Gasteiger partial charge in [0, 0.05) is 5.33 Å². The first-order valence-corrected chi connectivity index (χ1v) is 5.92. The lowest BCUT2D eigenvalue weighted by Crippen LogP contribution is -2.14. The monoisotopic (exact) mass is 433 g/mol. The molecule has 0 aromatic heterocycles. The fraction of sp³-hybridized carbons (Fsp3) is 0.667. The van der Waals surface area contributed by atoms with Crippen LogP contribution >= 0.6 is 79.6 Å². The molecule has 0 unspecified atom stereocenters. The molecular formula is C3H2Br5. The minimum atomic E-state index is -0.167. The lowest BCUT2D eigenvalue weighted by Gasteiger charge is -2.16. The van der Waals surface area contributed by atoms with E-state index in [0.29, 0.717) is 0 Å². The molecule has 0 rings (SSSR count). The number of rotatable bonds is 2. The van der Waals surface area contributed by atoms with Crippen LogP contribution in [0.3, 0.4) is 0 Å². The Kier molecular flexibility index (Phi) is 5.61. The Morgan fingerprint density at radius 2 is 1.62 bits per heavy atom. The van der Waals surface area contributed by atoms with Crippen molar-refractivity contribution in [1.29, 1.82) is 0 Å². The standard InChI is InChI=1S/C3H2Br5/c4-1-3(7,8)2(5)6/h1H2. The van der Waals surface area contributed by atoms with Gasteiger partial charge >= 0.3 is 0 Å². The van der Waals surface area contributed by atoms with Crippen LogP contribution in [0.2, 0.25) is 0 Å². The van der Waals surface area contributed by atoms with Crippen LogP contribution in [0, 0.1) is 3.74 Å². The predicted molar refractivity (Wildman–Crippen MR) is 55.5 cm³/mol. The molecule has 0 aliphatic rings. The largest absolute Gasteiger partial charge is 0.133 e. The van der Waals surface area contributed by atoms with Gasteiger partial charge in [0.05, 0.1) is 0 Å². The average Bonchev–Trinajstić information content (AvgIpc) is 1.67. The van der Waals surface area contributed by atoms with Crippen LogP contribution in [0.1, 0.15) is 0 Å². The Bertz CT molecular complexity index is 68.1. The summed E-state index contributed by atoms with van der Waals surface area (Å²) in [4.78, 5) is 0. The van der Waals surface area contributed by atoms with Gasteiger partial charge in [-0.05, 0) is 0 Å². The van der Waals surface area contributed by atoms with Crippen LogP contribution in [0.4, 0.5) is 0 Å². The Morgan fingerprint density at radius 3 is 1.62 bits per heavy atom. The van der Waals surface area contributed by atoms with E-state index in [1.807, 2.05) is 0 Å². The average molecular weight is 438 g/mol. The molecular weight excluding hydrogens is 436 g/mol. The molecule has 0 heterocycles. The molecule has 1 radical (unpaired) electrons. The van der Waals surface area contributed by atoms with E-state index in [2.05, 4.69) is 79.6 Å². The first-order valence-electron chi connectivity index (χ1n) is 1.63. The fourth-order valence-electron chi connectivity index (χ4n) is 0.0505. The molecule has 0 aliphatic heterocycles. The molecule has 8 heavy (non-hydrogen) atoms. The van der Waals surface area contributed by atoms with Gasteiger partial charge in [-0.25, -0.2) is 0 Å². The maximum atomic E-state index is 3.38. The SMILES string of the molecule is BrCC(Br)(Br)[C](Br)Br. The zero-order valence-electron chi connectivity index (χ0n) is 3.60. The molecule has 0 aromatic rings. The molecule has 0 atom stereocenters. The van der Waals surface area contributed by atoms with Gasteiger partial charge in [-0.2, -0.15) is 0 Å². The normalized spacial score (nSPS) is 12.8. The summed E-state index contributed by atoms with van der Waals surface area (Å²) in [7, 11) is 0. The number of alkyl halides is 3. The van der Waals surface area contributed by atoms with E-state index in [1.165, 1.54) is 0 Å². The van der Waals surface area contributed by atoms with Gasteiger partial charge in [0.2, 0.25) is 0 Å². The molecule has 0 bridgehead atoms. The molecule has 0 N–H and O–H groups in total. The predicted octanol–water partition coefficient (Wildman–Crippen LogP) is 4.15. The van der Waals surface area contributed by atoms with Crippen LogP contribution in [0.25, 0.3) is 0 Å². The molecule has 0 fully saturated rings. The number of hydrogen-bond donors (Lipinski definition) is 0. The van der Waals surface area contributed by atoms with E-state index in [4.69, 9.17) is 0 Å². The third-order valence-electron chi connectivity index (χ3n) is 0.444. The van der Waals surface area contributed by atoms with Crippen molar-refractivity contribution in [2.45, 2.75) is 3.23 Å². The van der Waals surface area contributed by atoms with Gasteiger partial charge in [0.1, 0.15) is 6.97 Å². The lowest BCUT2D eigenvalue weighted by molar-refractivity contribution is 1.21. The molecule has 49 valence electrons. The second-order valence-electron chi connectivity index (χ2n) is 1.10. The summed E-state index contributed by atoms with van der Waals surface area (Å²) in [5, 5.41) is 0.797. The summed E-state index contributed by atoms with van der Waals surface area (Å²) < 4.78 is 0.773. The van der Waals surface area contributed by atoms with E-state index in [-0.39, 0.29) is 3.23 Å². The van der Waals surface area contributed by atoms with Gasteiger partial charge in [-0.15, -0.1) is 0 Å². The van der Waals surface area contributed by atoms with Crippen molar-refractivity contribution in [3.63, 3.8) is 0 Å². The highest BCUT2D eigenvalue weighted by Gasteiger charge is 2.29. The Morgan fingerprint density at radius 1 is 1.25 bits per heavy atom. The fourth-order valence-corrected chi connectivity index (χ4v) is 1.36. The highest BCUT2D eigenvalue weighted by atomic mass is 79.9. The maximum Gasteiger partial charge on any atom is 0.133 e. The van der Waals surface area contributed by atoms with Crippen molar-refractivity contribution in [1.82, 2.24) is 0 Å². The van der Waals surface area contributed by atoms with E-state index in [1.54, 1.807) is 0 Å². The first-order chi connectivity index (χ1) is 3.50. The molecule has 0 saturated carbocycles. The third-order valence-corrected chi connectivity index (χ3v) is 7.63. The third kappa shape index (κ3) is 3.54. The van der Waals surface area contributed by atoms with Crippen LogP contribution in [0.5, 0.6) is 0 Å². The molecule has 0 spiro atoms. The molecule has 0 aromatic carbocycles.